The Labute approximate surface area is 133 Å². The van der Waals surface area contributed by atoms with Crippen molar-refractivity contribution < 1.29 is 4.79 Å². The Morgan fingerprint density at radius 3 is 2.70 bits per heavy atom. The molecule has 114 valence electrons. The fraction of sp³-hybridized carbons (Fsp3) is 0.571. The van der Waals surface area contributed by atoms with Crippen LogP contribution in [0.2, 0.25) is 0 Å². The molecule has 0 aliphatic carbocycles. The molecule has 0 aromatic carbocycles. The number of carbonyl (C=O) groups is 1. The molecular weight excluding hydrogens is 297 g/mol. The van der Waals surface area contributed by atoms with E-state index >= 15 is 0 Å². The first-order valence-corrected chi connectivity index (χ1v) is 6.56. The van der Waals surface area contributed by atoms with E-state index in [1.165, 1.54) is 0 Å². The molecule has 0 spiro atoms. The summed E-state index contributed by atoms with van der Waals surface area (Å²) >= 11 is 0. The van der Waals surface area contributed by atoms with E-state index in [1.807, 2.05) is 30.0 Å². The van der Waals surface area contributed by atoms with E-state index in [-0.39, 0.29) is 36.1 Å². The van der Waals surface area contributed by atoms with Crippen molar-refractivity contribution in [3.05, 3.63) is 30.1 Å². The highest BCUT2D eigenvalue weighted by Crippen LogP contribution is 2.27. The molecule has 0 radical (unpaired) electrons. The van der Waals surface area contributed by atoms with Crippen LogP contribution in [-0.2, 0) is 11.3 Å². The third kappa shape index (κ3) is 4.33. The Morgan fingerprint density at radius 2 is 2.20 bits per heavy atom. The van der Waals surface area contributed by atoms with Gasteiger partial charge in [-0.3, -0.25) is 9.78 Å². The second kappa shape index (κ2) is 8.45. The molecule has 20 heavy (non-hydrogen) atoms. The molecule has 1 saturated heterocycles. The third-order valence-electron chi connectivity index (χ3n) is 3.63. The smallest absolute Gasteiger partial charge is 0.230 e. The maximum Gasteiger partial charge on any atom is 0.230 e. The molecule has 1 aliphatic heterocycles. The number of amides is 1. The zero-order valence-corrected chi connectivity index (χ0v) is 13.6. The predicted octanol–water partition coefficient (Wildman–Crippen LogP) is 2.27. The number of rotatable bonds is 4. The van der Waals surface area contributed by atoms with Gasteiger partial charge in [-0.05, 0) is 38.9 Å². The van der Waals surface area contributed by atoms with Crippen LogP contribution >= 0.6 is 24.8 Å². The van der Waals surface area contributed by atoms with Crippen molar-refractivity contribution in [1.82, 2.24) is 15.2 Å². The van der Waals surface area contributed by atoms with Crippen molar-refractivity contribution >= 4 is 30.7 Å². The Hall–Kier alpha value is -0.840. The van der Waals surface area contributed by atoms with Gasteiger partial charge in [0, 0.05) is 19.3 Å². The molecule has 1 unspecified atom stereocenters. The molecule has 4 nitrogen and oxygen atoms in total. The molecule has 1 aromatic heterocycles. The lowest BCUT2D eigenvalue weighted by Gasteiger charge is -2.30. The second-order valence-electron chi connectivity index (χ2n) is 5.13. The first-order chi connectivity index (χ1) is 8.65. The van der Waals surface area contributed by atoms with Crippen LogP contribution in [0.1, 0.15) is 26.0 Å². The van der Waals surface area contributed by atoms with Crippen LogP contribution in [0.5, 0.6) is 0 Å². The highest BCUT2D eigenvalue weighted by molar-refractivity contribution is 5.85. The van der Waals surface area contributed by atoms with Crippen molar-refractivity contribution in [2.45, 2.75) is 26.8 Å². The summed E-state index contributed by atoms with van der Waals surface area (Å²) in [7, 11) is 0. The molecule has 1 aliphatic rings. The van der Waals surface area contributed by atoms with Gasteiger partial charge < -0.3 is 10.2 Å². The van der Waals surface area contributed by atoms with Gasteiger partial charge >= 0.3 is 0 Å². The van der Waals surface area contributed by atoms with Crippen molar-refractivity contribution in [3.8, 4) is 0 Å². The van der Waals surface area contributed by atoms with E-state index in [1.54, 1.807) is 6.20 Å². The molecule has 6 heteroatoms. The number of aromatic nitrogens is 1. The fourth-order valence-electron chi connectivity index (χ4n) is 2.40. The molecule has 1 fully saturated rings. The van der Waals surface area contributed by atoms with Crippen LogP contribution in [-0.4, -0.2) is 35.4 Å². The van der Waals surface area contributed by atoms with Crippen molar-refractivity contribution in [1.29, 1.82) is 0 Å². The highest BCUT2D eigenvalue weighted by atomic mass is 35.5. The van der Waals surface area contributed by atoms with E-state index in [0.29, 0.717) is 6.54 Å². The lowest BCUT2D eigenvalue weighted by molar-refractivity contribution is -0.140. The van der Waals surface area contributed by atoms with Gasteiger partial charge in [0.1, 0.15) is 0 Å². The van der Waals surface area contributed by atoms with Crippen LogP contribution in [0, 0.1) is 5.41 Å². The zero-order chi connectivity index (χ0) is 13.0. The summed E-state index contributed by atoms with van der Waals surface area (Å²) in [5.41, 5.74) is 0.701. The third-order valence-corrected chi connectivity index (χ3v) is 3.63. The minimum atomic E-state index is -0.245. The molecule has 0 bridgehead atoms. The number of nitrogens with zero attached hydrogens (tertiary/aromatic N) is 2. The van der Waals surface area contributed by atoms with Crippen molar-refractivity contribution in [2.24, 2.45) is 5.41 Å². The maximum absolute atomic E-state index is 12.6. The van der Waals surface area contributed by atoms with Crippen LogP contribution in [0.4, 0.5) is 0 Å². The first-order valence-electron chi connectivity index (χ1n) is 6.56. The molecule has 1 N–H and O–H groups in total. The quantitative estimate of drug-likeness (QED) is 0.926. The Balaban J connectivity index is 0.00000180. The van der Waals surface area contributed by atoms with E-state index in [0.717, 1.165) is 31.7 Å². The monoisotopic (exact) mass is 319 g/mol. The van der Waals surface area contributed by atoms with Gasteiger partial charge in [0.25, 0.3) is 0 Å². The Bertz CT molecular complexity index is 408. The first kappa shape index (κ1) is 19.2. The SMILES string of the molecule is CCN(Cc1ccccn1)C(=O)C1(C)CCNC1.Cl.Cl. The standard InChI is InChI=1S/C14H21N3O.2ClH/c1-3-17(10-12-6-4-5-8-16-12)13(18)14(2)7-9-15-11-14;;/h4-6,8,15H,3,7,9-11H2,1-2H3;2*1H. The van der Waals surface area contributed by atoms with Crippen molar-refractivity contribution in [3.63, 3.8) is 0 Å². The van der Waals surface area contributed by atoms with Crippen LogP contribution in [0.15, 0.2) is 24.4 Å². The molecule has 0 saturated carbocycles. The molecule has 1 amide bonds. The number of hydrogen-bond acceptors (Lipinski definition) is 3. The molecule has 1 atom stereocenters. The number of hydrogen-bond donors (Lipinski definition) is 1. The summed E-state index contributed by atoms with van der Waals surface area (Å²) in [6.45, 7) is 7.12. The number of pyridine rings is 1. The average Bonchev–Trinajstić information content (AvgIpc) is 2.84. The fourth-order valence-corrected chi connectivity index (χ4v) is 2.40. The van der Waals surface area contributed by atoms with Gasteiger partial charge in [-0.2, -0.15) is 0 Å². The van der Waals surface area contributed by atoms with Crippen LogP contribution < -0.4 is 5.32 Å². The van der Waals surface area contributed by atoms with E-state index < -0.39 is 0 Å². The van der Waals surface area contributed by atoms with Crippen LogP contribution in [0.3, 0.4) is 0 Å². The van der Waals surface area contributed by atoms with Gasteiger partial charge in [-0.25, -0.2) is 0 Å². The van der Waals surface area contributed by atoms with Gasteiger partial charge in [-0.1, -0.05) is 6.07 Å². The number of halogens is 2. The number of carbonyl (C=O) groups excluding carboxylic acids is 1. The minimum absolute atomic E-state index is 0. The second-order valence-corrected chi connectivity index (χ2v) is 5.13. The summed E-state index contributed by atoms with van der Waals surface area (Å²) in [5.74, 6) is 0.237. The lowest BCUT2D eigenvalue weighted by atomic mass is 9.88. The largest absolute Gasteiger partial charge is 0.337 e. The van der Waals surface area contributed by atoms with E-state index in [9.17, 15) is 4.79 Å². The van der Waals surface area contributed by atoms with Gasteiger partial charge in [0.2, 0.25) is 5.91 Å². The average molecular weight is 320 g/mol. The Morgan fingerprint density at radius 1 is 1.45 bits per heavy atom. The molecule has 2 rings (SSSR count). The minimum Gasteiger partial charge on any atom is -0.337 e. The Kier molecular flexibility index (Phi) is 8.09. The highest BCUT2D eigenvalue weighted by Gasteiger charge is 2.38. The van der Waals surface area contributed by atoms with Crippen LogP contribution in [0.25, 0.3) is 0 Å². The number of nitrogens with one attached hydrogen (secondary N) is 1. The van der Waals surface area contributed by atoms with Gasteiger partial charge in [-0.15, -0.1) is 24.8 Å². The topological polar surface area (TPSA) is 45.2 Å². The summed E-state index contributed by atoms with van der Waals surface area (Å²) in [5, 5.41) is 3.27. The van der Waals surface area contributed by atoms with Gasteiger partial charge in [0.15, 0.2) is 0 Å². The molecular formula is C14H23Cl2N3O. The molecule has 1 aromatic rings. The maximum atomic E-state index is 12.6. The normalized spacial score (nSPS) is 20.7. The lowest BCUT2D eigenvalue weighted by Crippen LogP contribution is -2.43. The summed E-state index contributed by atoms with van der Waals surface area (Å²) < 4.78 is 0. The van der Waals surface area contributed by atoms with Crippen molar-refractivity contribution in [2.75, 3.05) is 19.6 Å². The summed E-state index contributed by atoms with van der Waals surface area (Å²) in [6, 6.07) is 5.81. The van der Waals surface area contributed by atoms with E-state index in [4.69, 9.17) is 0 Å². The van der Waals surface area contributed by atoms with Gasteiger partial charge in [0.05, 0.1) is 17.7 Å². The zero-order valence-electron chi connectivity index (χ0n) is 12.0. The van der Waals surface area contributed by atoms with E-state index in [2.05, 4.69) is 17.2 Å². The summed E-state index contributed by atoms with van der Waals surface area (Å²) in [4.78, 5) is 18.7. The summed E-state index contributed by atoms with van der Waals surface area (Å²) in [6.07, 6.45) is 2.69. The predicted molar refractivity (Wildman–Crippen MR) is 85.4 cm³/mol. The molecule has 2 heterocycles.